The molecule has 0 N–H and O–H groups in total. The van der Waals surface area contributed by atoms with Crippen LogP contribution >= 0.6 is 0 Å². The third-order valence-corrected chi connectivity index (χ3v) is 5.12. The van der Waals surface area contributed by atoms with Gasteiger partial charge in [0.05, 0.1) is 6.54 Å². The molecule has 1 unspecified atom stereocenters. The highest BCUT2D eigenvalue weighted by Gasteiger charge is 2.49. The first-order valence-corrected chi connectivity index (χ1v) is 7.52. The Morgan fingerprint density at radius 2 is 1.71 bits per heavy atom. The fourth-order valence-electron chi connectivity index (χ4n) is 3.21. The minimum atomic E-state index is -2.97. The smallest absolute Gasteiger partial charge is 0.272 e. The molecule has 2 aliphatic rings. The fraction of sp³-hybridized carbons (Fsp3) is 0.867. The lowest BCUT2D eigenvalue weighted by atomic mass is 9.77. The lowest BCUT2D eigenvalue weighted by Gasteiger charge is -2.42. The molecule has 2 aliphatic heterocycles. The van der Waals surface area contributed by atoms with Crippen LogP contribution in [0.3, 0.4) is 0 Å². The van der Waals surface area contributed by atoms with Crippen LogP contribution in [0.15, 0.2) is 0 Å². The van der Waals surface area contributed by atoms with Gasteiger partial charge in [0.2, 0.25) is 5.91 Å². The number of likely N-dealkylation sites (tertiary alicyclic amines) is 2. The number of carbonyl (C=O) groups is 2. The van der Waals surface area contributed by atoms with Gasteiger partial charge < -0.3 is 9.80 Å². The summed E-state index contributed by atoms with van der Waals surface area (Å²) in [6, 6.07) is 0. The minimum absolute atomic E-state index is 0.110. The summed E-state index contributed by atoms with van der Waals surface area (Å²) in [4.78, 5) is 27.1. The summed E-state index contributed by atoms with van der Waals surface area (Å²) in [5, 5.41) is 0. The van der Waals surface area contributed by atoms with Gasteiger partial charge in [0, 0.05) is 18.5 Å². The van der Waals surface area contributed by atoms with E-state index >= 15 is 0 Å². The van der Waals surface area contributed by atoms with E-state index < -0.39 is 23.2 Å². The molecule has 2 saturated heterocycles. The van der Waals surface area contributed by atoms with Crippen molar-refractivity contribution in [2.45, 2.75) is 39.0 Å². The van der Waals surface area contributed by atoms with Crippen molar-refractivity contribution in [3.63, 3.8) is 0 Å². The molecule has 4 nitrogen and oxygen atoms in total. The van der Waals surface area contributed by atoms with Crippen molar-refractivity contribution in [2.24, 2.45) is 11.3 Å². The lowest BCUT2D eigenvalue weighted by molar-refractivity contribution is -0.162. The quantitative estimate of drug-likeness (QED) is 0.781. The van der Waals surface area contributed by atoms with E-state index in [0.29, 0.717) is 32.5 Å². The second-order valence-corrected chi connectivity index (χ2v) is 6.78. The summed E-state index contributed by atoms with van der Waals surface area (Å²) < 4.78 is 28.1. The van der Waals surface area contributed by atoms with Crippen LogP contribution in [0, 0.1) is 11.3 Å². The Labute approximate surface area is 124 Å². The van der Waals surface area contributed by atoms with Crippen LogP contribution in [0.2, 0.25) is 0 Å². The van der Waals surface area contributed by atoms with Gasteiger partial charge in [-0.05, 0) is 39.8 Å². The van der Waals surface area contributed by atoms with E-state index in [0.717, 1.165) is 0 Å². The van der Waals surface area contributed by atoms with Gasteiger partial charge in [0.1, 0.15) is 11.7 Å². The van der Waals surface area contributed by atoms with E-state index in [1.54, 1.807) is 18.9 Å². The van der Waals surface area contributed by atoms with E-state index in [-0.39, 0.29) is 18.7 Å². The average molecular weight is 302 g/mol. The molecule has 1 amide bonds. The molecule has 0 aromatic rings. The standard InChI is InChI=1S/C15H24F2N2O2/c1-11(20)14(2)5-8-19(9-6-14)13(21)12-4-7-18(3)10-15(12,16)17/h12H,4-10H2,1-3H3. The Balaban J connectivity index is 2.00. The monoisotopic (exact) mass is 302 g/mol. The van der Waals surface area contributed by atoms with E-state index in [1.807, 2.05) is 6.92 Å². The molecule has 2 heterocycles. The molecule has 0 radical (unpaired) electrons. The molecule has 6 heteroatoms. The van der Waals surface area contributed by atoms with Crippen molar-refractivity contribution in [1.29, 1.82) is 0 Å². The summed E-state index contributed by atoms with van der Waals surface area (Å²) in [7, 11) is 1.65. The van der Waals surface area contributed by atoms with Crippen LogP contribution in [0.25, 0.3) is 0 Å². The normalized spacial score (nSPS) is 29.2. The fourth-order valence-corrected chi connectivity index (χ4v) is 3.21. The van der Waals surface area contributed by atoms with Crippen LogP contribution in [-0.2, 0) is 9.59 Å². The Morgan fingerprint density at radius 1 is 1.14 bits per heavy atom. The third-order valence-electron chi connectivity index (χ3n) is 5.12. The number of halogens is 2. The van der Waals surface area contributed by atoms with Gasteiger partial charge in [-0.1, -0.05) is 6.92 Å². The SMILES string of the molecule is CC(=O)C1(C)CCN(C(=O)C2CCN(C)CC2(F)F)CC1. The highest BCUT2D eigenvalue weighted by molar-refractivity contribution is 5.83. The average Bonchev–Trinajstić information content (AvgIpc) is 2.37. The maximum Gasteiger partial charge on any atom is 0.272 e. The third kappa shape index (κ3) is 3.25. The highest BCUT2D eigenvalue weighted by Crippen LogP contribution is 2.37. The van der Waals surface area contributed by atoms with Crippen molar-refractivity contribution >= 4 is 11.7 Å². The van der Waals surface area contributed by atoms with Crippen molar-refractivity contribution in [3.8, 4) is 0 Å². The Bertz CT molecular complexity index is 431. The predicted octanol–water partition coefficient (Wildman–Crippen LogP) is 1.79. The summed E-state index contributed by atoms with van der Waals surface area (Å²) in [6.45, 7) is 4.41. The number of ketones is 1. The van der Waals surface area contributed by atoms with Crippen LogP contribution in [0.1, 0.15) is 33.1 Å². The zero-order valence-electron chi connectivity index (χ0n) is 13.0. The van der Waals surface area contributed by atoms with Crippen LogP contribution in [0.5, 0.6) is 0 Å². The lowest BCUT2D eigenvalue weighted by Crippen LogP contribution is -2.55. The number of rotatable bonds is 2. The predicted molar refractivity (Wildman–Crippen MR) is 75.2 cm³/mol. The Morgan fingerprint density at radius 3 is 2.19 bits per heavy atom. The largest absolute Gasteiger partial charge is 0.342 e. The molecule has 0 aromatic carbocycles. The Hall–Kier alpha value is -1.04. The topological polar surface area (TPSA) is 40.6 Å². The number of carbonyl (C=O) groups excluding carboxylic acids is 2. The first-order valence-electron chi connectivity index (χ1n) is 7.52. The van der Waals surface area contributed by atoms with Crippen molar-refractivity contribution < 1.29 is 18.4 Å². The second-order valence-electron chi connectivity index (χ2n) is 6.78. The summed E-state index contributed by atoms with van der Waals surface area (Å²) >= 11 is 0. The first-order chi connectivity index (χ1) is 9.66. The molecule has 0 saturated carbocycles. The molecule has 0 aliphatic carbocycles. The molecule has 0 bridgehead atoms. The van der Waals surface area contributed by atoms with Crippen LogP contribution in [0.4, 0.5) is 8.78 Å². The van der Waals surface area contributed by atoms with Gasteiger partial charge >= 0.3 is 0 Å². The number of piperidine rings is 2. The second kappa shape index (κ2) is 5.63. The van der Waals surface area contributed by atoms with Gasteiger partial charge in [0.25, 0.3) is 5.92 Å². The maximum absolute atomic E-state index is 14.1. The maximum atomic E-state index is 14.1. The molecule has 0 aromatic heterocycles. The van der Waals surface area contributed by atoms with E-state index in [4.69, 9.17) is 0 Å². The molecule has 0 spiro atoms. The number of Topliss-reactive ketones (excluding diaryl/α,β-unsaturated/α-hetero) is 1. The Kier molecular flexibility index (Phi) is 4.38. The zero-order chi connectivity index (χ0) is 15.8. The summed E-state index contributed by atoms with van der Waals surface area (Å²) in [5.41, 5.74) is -0.411. The highest BCUT2D eigenvalue weighted by atomic mass is 19.3. The van der Waals surface area contributed by atoms with Crippen LogP contribution in [-0.4, -0.2) is 60.6 Å². The van der Waals surface area contributed by atoms with E-state index in [9.17, 15) is 18.4 Å². The molecule has 120 valence electrons. The number of alkyl halides is 2. The van der Waals surface area contributed by atoms with Crippen molar-refractivity contribution in [3.05, 3.63) is 0 Å². The van der Waals surface area contributed by atoms with Gasteiger partial charge in [0.15, 0.2) is 0 Å². The summed E-state index contributed by atoms with van der Waals surface area (Å²) in [5.74, 6) is -4.51. The molecular formula is C15H24F2N2O2. The van der Waals surface area contributed by atoms with Gasteiger partial charge in [-0.2, -0.15) is 0 Å². The number of nitrogens with zero attached hydrogens (tertiary/aromatic N) is 2. The number of hydrogen-bond acceptors (Lipinski definition) is 3. The van der Waals surface area contributed by atoms with Crippen molar-refractivity contribution in [2.75, 3.05) is 33.2 Å². The number of amides is 1. The molecule has 1 atom stereocenters. The van der Waals surface area contributed by atoms with Gasteiger partial charge in [-0.15, -0.1) is 0 Å². The molecule has 21 heavy (non-hydrogen) atoms. The minimum Gasteiger partial charge on any atom is -0.342 e. The van der Waals surface area contributed by atoms with E-state index in [2.05, 4.69) is 0 Å². The van der Waals surface area contributed by atoms with Gasteiger partial charge in [-0.3, -0.25) is 9.59 Å². The first kappa shape index (κ1) is 16.3. The van der Waals surface area contributed by atoms with Crippen molar-refractivity contribution in [1.82, 2.24) is 9.80 Å². The zero-order valence-corrected chi connectivity index (χ0v) is 13.0. The van der Waals surface area contributed by atoms with Gasteiger partial charge in [-0.25, -0.2) is 8.78 Å². The molecular weight excluding hydrogens is 278 g/mol. The number of hydrogen-bond donors (Lipinski definition) is 0. The molecule has 2 fully saturated rings. The summed E-state index contributed by atoms with van der Waals surface area (Å²) in [6.07, 6.45) is 1.32. The van der Waals surface area contributed by atoms with Crippen LogP contribution < -0.4 is 0 Å². The molecule has 2 rings (SSSR count). The van der Waals surface area contributed by atoms with E-state index in [1.165, 1.54) is 4.90 Å².